The number of nitrogens with one attached hydrogen (secondary N) is 1. The van der Waals surface area contributed by atoms with Crippen molar-refractivity contribution in [1.82, 2.24) is 15.3 Å². The van der Waals surface area contributed by atoms with Crippen LogP contribution in [0.5, 0.6) is 0 Å². The van der Waals surface area contributed by atoms with Crippen LogP contribution in [0.2, 0.25) is 0 Å². The number of nitrogens with zero attached hydrogens (tertiary/aromatic N) is 3. The first-order chi connectivity index (χ1) is 15.1. The molecule has 6 nitrogen and oxygen atoms in total. The van der Waals surface area contributed by atoms with Gasteiger partial charge in [0.15, 0.2) is 5.16 Å². The molecule has 1 aliphatic heterocycles. The van der Waals surface area contributed by atoms with Crippen molar-refractivity contribution in [2.75, 3.05) is 18.0 Å². The van der Waals surface area contributed by atoms with Crippen molar-refractivity contribution in [2.24, 2.45) is 0 Å². The van der Waals surface area contributed by atoms with Crippen molar-refractivity contribution in [2.45, 2.75) is 50.1 Å². The Morgan fingerprint density at radius 2 is 2.00 bits per heavy atom. The predicted molar refractivity (Wildman–Crippen MR) is 123 cm³/mol. The summed E-state index contributed by atoms with van der Waals surface area (Å²) in [5.41, 5.74) is 2.78. The lowest BCUT2D eigenvalue weighted by Crippen LogP contribution is -2.22. The second kappa shape index (κ2) is 10.0. The Morgan fingerprint density at radius 3 is 2.74 bits per heavy atom. The molecule has 0 aliphatic carbocycles. The molecule has 1 saturated heterocycles. The van der Waals surface area contributed by atoms with Gasteiger partial charge in [0.25, 0.3) is 5.91 Å². The molecule has 4 rings (SSSR count). The monoisotopic (exact) mass is 436 g/mol. The predicted octanol–water partition coefficient (Wildman–Crippen LogP) is 5.02. The normalized spacial score (nSPS) is 13.7. The molecule has 3 aromatic rings. The van der Waals surface area contributed by atoms with Crippen LogP contribution in [-0.4, -0.2) is 29.0 Å². The molecule has 0 spiro atoms. The van der Waals surface area contributed by atoms with Gasteiger partial charge in [0, 0.05) is 36.2 Å². The lowest BCUT2D eigenvalue weighted by atomic mass is 10.1. The summed E-state index contributed by atoms with van der Waals surface area (Å²) < 4.78 is 5.27. The Labute approximate surface area is 187 Å². The molecule has 1 N–H and O–H groups in total. The maximum Gasteiger partial charge on any atom is 0.251 e. The maximum atomic E-state index is 12.5. The highest BCUT2D eigenvalue weighted by molar-refractivity contribution is 7.98. The first kappa shape index (κ1) is 21.4. The molecule has 0 saturated carbocycles. The summed E-state index contributed by atoms with van der Waals surface area (Å²) in [5.74, 6) is 2.71. The summed E-state index contributed by atoms with van der Waals surface area (Å²) in [6.07, 6.45) is 4.04. The third-order valence-corrected chi connectivity index (χ3v) is 6.21. The number of thioether (sulfide) groups is 1. The second-order valence-corrected chi connectivity index (χ2v) is 8.98. The quantitative estimate of drug-likeness (QED) is 0.395. The fraction of sp³-hybridized carbons (Fsp3) is 0.375. The first-order valence-electron chi connectivity index (χ1n) is 10.7. The molecule has 1 amide bonds. The summed E-state index contributed by atoms with van der Waals surface area (Å²) in [5, 5.41) is 3.68. The van der Waals surface area contributed by atoms with E-state index >= 15 is 0 Å². The Bertz CT molecular complexity index is 1010. The largest absolute Gasteiger partial charge is 0.467 e. The molecule has 1 fully saturated rings. The van der Waals surface area contributed by atoms with Gasteiger partial charge in [-0.3, -0.25) is 4.79 Å². The molecule has 31 heavy (non-hydrogen) atoms. The molecular weight excluding hydrogens is 408 g/mol. The van der Waals surface area contributed by atoms with Crippen LogP contribution >= 0.6 is 11.8 Å². The molecule has 1 aromatic carbocycles. The van der Waals surface area contributed by atoms with Crippen LogP contribution in [0.25, 0.3) is 0 Å². The van der Waals surface area contributed by atoms with Crippen molar-refractivity contribution in [3.63, 3.8) is 0 Å². The Kier molecular flexibility index (Phi) is 6.92. The van der Waals surface area contributed by atoms with E-state index in [4.69, 9.17) is 14.4 Å². The van der Waals surface area contributed by atoms with Crippen molar-refractivity contribution in [3.8, 4) is 0 Å². The van der Waals surface area contributed by atoms with Crippen LogP contribution in [0.4, 0.5) is 5.82 Å². The SMILES string of the molecule is CC(C)c1cc(N2CCCC2)nc(SCc2cccc(C(=O)NCc3ccco3)c2)n1. The van der Waals surface area contributed by atoms with Gasteiger partial charge in [0.05, 0.1) is 12.8 Å². The molecule has 2 aromatic heterocycles. The highest BCUT2D eigenvalue weighted by atomic mass is 32.2. The van der Waals surface area contributed by atoms with E-state index in [9.17, 15) is 4.79 Å². The van der Waals surface area contributed by atoms with Crippen molar-refractivity contribution in [1.29, 1.82) is 0 Å². The Morgan fingerprint density at radius 1 is 1.16 bits per heavy atom. The van der Waals surface area contributed by atoms with E-state index in [1.807, 2.05) is 36.4 Å². The van der Waals surface area contributed by atoms with Gasteiger partial charge in [-0.1, -0.05) is 37.7 Å². The van der Waals surface area contributed by atoms with E-state index in [2.05, 4.69) is 30.1 Å². The fourth-order valence-corrected chi connectivity index (χ4v) is 4.34. The minimum atomic E-state index is -0.113. The van der Waals surface area contributed by atoms with Gasteiger partial charge in [0.2, 0.25) is 0 Å². The van der Waals surface area contributed by atoms with E-state index < -0.39 is 0 Å². The van der Waals surface area contributed by atoms with Crippen molar-refractivity contribution >= 4 is 23.5 Å². The minimum absolute atomic E-state index is 0.113. The number of amides is 1. The molecule has 0 radical (unpaired) electrons. The third-order valence-electron chi connectivity index (χ3n) is 5.29. The Balaban J connectivity index is 1.42. The van der Waals surface area contributed by atoms with Crippen LogP contribution in [0, 0.1) is 0 Å². The van der Waals surface area contributed by atoms with Crippen LogP contribution in [-0.2, 0) is 12.3 Å². The molecule has 162 valence electrons. The standard InChI is InChI=1S/C24H28N4O2S/c1-17(2)21-14-22(28-10-3-4-11-28)27-24(26-21)31-16-18-7-5-8-19(13-18)23(29)25-15-20-9-6-12-30-20/h5-9,12-14,17H,3-4,10-11,15-16H2,1-2H3,(H,25,29). The minimum Gasteiger partial charge on any atom is -0.467 e. The second-order valence-electron chi connectivity index (χ2n) is 8.03. The van der Waals surface area contributed by atoms with Gasteiger partial charge in [-0.05, 0) is 48.6 Å². The molecule has 0 atom stereocenters. The van der Waals surface area contributed by atoms with Crippen LogP contribution in [0.15, 0.2) is 58.3 Å². The fourth-order valence-electron chi connectivity index (χ4n) is 3.53. The molecule has 7 heteroatoms. The topological polar surface area (TPSA) is 71.3 Å². The van der Waals surface area contributed by atoms with Crippen molar-refractivity contribution in [3.05, 3.63) is 71.3 Å². The van der Waals surface area contributed by atoms with Crippen molar-refractivity contribution < 1.29 is 9.21 Å². The summed E-state index contributed by atoms with van der Waals surface area (Å²) >= 11 is 1.61. The molecular formula is C24H28N4O2S. The average molecular weight is 437 g/mol. The number of rotatable bonds is 8. The van der Waals surface area contributed by atoms with Gasteiger partial charge in [-0.25, -0.2) is 9.97 Å². The number of hydrogen-bond acceptors (Lipinski definition) is 6. The summed E-state index contributed by atoms with van der Waals surface area (Å²) in [4.78, 5) is 24.4. The molecule has 0 bridgehead atoms. The van der Waals surface area contributed by atoms with E-state index in [1.54, 1.807) is 18.0 Å². The van der Waals surface area contributed by atoms with E-state index in [0.29, 0.717) is 23.8 Å². The number of furan rings is 1. The first-order valence-corrected chi connectivity index (χ1v) is 11.7. The highest BCUT2D eigenvalue weighted by Gasteiger charge is 2.17. The molecule has 0 unspecified atom stereocenters. The lowest BCUT2D eigenvalue weighted by Gasteiger charge is -2.18. The zero-order chi connectivity index (χ0) is 21.6. The maximum absolute atomic E-state index is 12.5. The van der Waals surface area contributed by atoms with Gasteiger partial charge >= 0.3 is 0 Å². The van der Waals surface area contributed by atoms with E-state index in [0.717, 1.165) is 41.1 Å². The Hall–Kier alpha value is -2.80. The van der Waals surface area contributed by atoms with Crippen LogP contribution < -0.4 is 10.2 Å². The van der Waals surface area contributed by atoms with E-state index in [1.165, 1.54) is 12.8 Å². The molecule has 3 heterocycles. The third kappa shape index (κ3) is 5.67. The average Bonchev–Trinajstić information content (AvgIpc) is 3.50. The smallest absolute Gasteiger partial charge is 0.251 e. The number of benzene rings is 1. The zero-order valence-corrected chi connectivity index (χ0v) is 18.8. The van der Waals surface area contributed by atoms with E-state index in [-0.39, 0.29) is 5.91 Å². The highest BCUT2D eigenvalue weighted by Crippen LogP contribution is 2.27. The van der Waals surface area contributed by atoms with Gasteiger partial charge in [-0.2, -0.15) is 0 Å². The number of carbonyl (C=O) groups excluding carboxylic acids is 1. The van der Waals surface area contributed by atoms with Crippen LogP contribution in [0.1, 0.15) is 60.0 Å². The molecule has 1 aliphatic rings. The summed E-state index contributed by atoms with van der Waals surface area (Å²) in [6.45, 7) is 6.83. The van der Waals surface area contributed by atoms with Gasteiger partial charge < -0.3 is 14.6 Å². The zero-order valence-electron chi connectivity index (χ0n) is 18.0. The van der Waals surface area contributed by atoms with Gasteiger partial charge in [-0.15, -0.1) is 0 Å². The van der Waals surface area contributed by atoms with Crippen LogP contribution in [0.3, 0.4) is 0 Å². The van der Waals surface area contributed by atoms with Gasteiger partial charge in [0.1, 0.15) is 11.6 Å². The summed E-state index contributed by atoms with van der Waals surface area (Å²) in [7, 11) is 0. The number of carbonyl (C=O) groups is 1. The number of hydrogen-bond donors (Lipinski definition) is 1. The number of anilines is 1. The summed E-state index contributed by atoms with van der Waals surface area (Å²) in [6, 6.07) is 13.5. The number of aromatic nitrogens is 2. The lowest BCUT2D eigenvalue weighted by molar-refractivity contribution is 0.0948.